The summed E-state index contributed by atoms with van der Waals surface area (Å²) >= 11 is 0. The Bertz CT molecular complexity index is 729. The van der Waals surface area contributed by atoms with Gasteiger partial charge in [-0.3, -0.25) is 4.79 Å². The van der Waals surface area contributed by atoms with Crippen LogP contribution in [0.1, 0.15) is 20.7 Å². The zero-order valence-electron chi connectivity index (χ0n) is 13.8. The van der Waals surface area contributed by atoms with E-state index in [0.29, 0.717) is 17.6 Å². The van der Waals surface area contributed by atoms with E-state index in [1.54, 1.807) is 0 Å². The lowest BCUT2D eigenvalue weighted by molar-refractivity contribution is 0.0695. The Labute approximate surface area is 143 Å². The predicted molar refractivity (Wildman–Crippen MR) is 88.2 cm³/mol. The number of ether oxygens (including phenoxy) is 3. The highest BCUT2D eigenvalue weighted by Crippen LogP contribution is 2.36. The molecule has 2 aromatic carbocycles. The molecule has 0 aliphatic rings. The monoisotopic (exact) mass is 350 g/mol. The van der Waals surface area contributed by atoms with Crippen molar-refractivity contribution in [3.63, 3.8) is 0 Å². The number of benzene rings is 2. The number of aromatic hydroxyl groups is 2. The molecule has 0 radical (unpaired) electrons. The van der Waals surface area contributed by atoms with Gasteiger partial charge in [0.2, 0.25) is 5.75 Å². The van der Waals surface area contributed by atoms with Crippen LogP contribution in [-0.4, -0.2) is 48.9 Å². The van der Waals surface area contributed by atoms with Crippen LogP contribution in [0.3, 0.4) is 0 Å². The molecule has 2 aromatic rings. The van der Waals surface area contributed by atoms with Crippen LogP contribution in [0.5, 0.6) is 28.7 Å². The van der Waals surface area contributed by atoms with Crippen molar-refractivity contribution in [2.45, 2.75) is 0 Å². The third-order valence-electron chi connectivity index (χ3n) is 3.07. The minimum absolute atomic E-state index is 0.00324. The lowest BCUT2D eigenvalue weighted by Gasteiger charge is -2.08. The maximum absolute atomic E-state index is 10.7. The van der Waals surface area contributed by atoms with E-state index in [4.69, 9.17) is 24.4 Å². The second kappa shape index (κ2) is 9.02. The third-order valence-corrected chi connectivity index (χ3v) is 3.07. The summed E-state index contributed by atoms with van der Waals surface area (Å²) in [5, 5.41) is 27.3. The SMILES string of the molecule is COc1cc(C(=O)O)cc(OC)c1O.COc1cc(C=O)ccc1O. The Morgan fingerprint density at radius 3 is 1.84 bits per heavy atom. The van der Waals surface area contributed by atoms with Gasteiger partial charge in [0, 0.05) is 5.56 Å². The zero-order chi connectivity index (χ0) is 19.0. The number of hydrogen-bond acceptors (Lipinski definition) is 7. The fourth-order valence-corrected chi connectivity index (χ4v) is 1.78. The molecular formula is C17H18O8. The standard InChI is InChI=1S/C9H10O5.C8H8O3/c1-13-6-3-5(9(11)12)4-7(14-2)8(6)10;1-11-8-4-6(5-9)2-3-7(8)10/h3-4,10H,1-2H3,(H,11,12);2-5,10H,1H3. The predicted octanol–water partition coefficient (Wildman–Crippen LogP) is 2.32. The van der Waals surface area contributed by atoms with E-state index in [1.807, 2.05) is 0 Å². The summed E-state index contributed by atoms with van der Waals surface area (Å²) in [7, 11) is 4.10. The van der Waals surface area contributed by atoms with Crippen molar-refractivity contribution in [1.29, 1.82) is 0 Å². The number of aromatic carboxylic acids is 1. The number of phenols is 2. The van der Waals surface area contributed by atoms with E-state index in [-0.39, 0.29) is 28.6 Å². The Morgan fingerprint density at radius 1 is 0.920 bits per heavy atom. The first-order valence-corrected chi connectivity index (χ1v) is 6.88. The summed E-state index contributed by atoms with van der Waals surface area (Å²) in [5.41, 5.74) is 0.483. The minimum atomic E-state index is -1.11. The number of aldehydes is 1. The highest BCUT2D eigenvalue weighted by Gasteiger charge is 2.14. The van der Waals surface area contributed by atoms with Crippen molar-refractivity contribution < 1.29 is 39.1 Å². The molecule has 0 fully saturated rings. The molecule has 0 aromatic heterocycles. The number of rotatable bonds is 5. The van der Waals surface area contributed by atoms with Crippen molar-refractivity contribution in [2.75, 3.05) is 21.3 Å². The largest absolute Gasteiger partial charge is 0.504 e. The maximum atomic E-state index is 10.7. The van der Waals surface area contributed by atoms with Crippen molar-refractivity contribution in [3.05, 3.63) is 41.5 Å². The van der Waals surface area contributed by atoms with Crippen molar-refractivity contribution in [1.82, 2.24) is 0 Å². The fraction of sp³-hybridized carbons (Fsp3) is 0.176. The summed E-state index contributed by atoms with van der Waals surface area (Å²) in [5.74, 6) is -0.821. The van der Waals surface area contributed by atoms with Gasteiger partial charge in [-0.2, -0.15) is 0 Å². The van der Waals surface area contributed by atoms with Crippen LogP contribution in [0.15, 0.2) is 30.3 Å². The van der Waals surface area contributed by atoms with Crippen LogP contribution in [0.2, 0.25) is 0 Å². The Balaban J connectivity index is 0.000000257. The molecule has 8 heteroatoms. The van der Waals surface area contributed by atoms with Gasteiger partial charge in [-0.25, -0.2) is 4.79 Å². The van der Waals surface area contributed by atoms with Gasteiger partial charge >= 0.3 is 5.97 Å². The number of carbonyl (C=O) groups excluding carboxylic acids is 1. The van der Waals surface area contributed by atoms with Crippen LogP contribution in [0.25, 0.3) is 0 Å². The van der Waals surface area contributed by atoms with Crippen LogP contribution in [0, 0.1) is 0 Å². The lowest BCUT2D eigenvalue weighted by atomic mass is 10.2. The summed E-state index contributed by atoms with van der Waals surface area (Å²) < 4.78 is 14.3. The average Bonchev–Trinajstić information content (AvgIpc) is 2.62. The molecule has 0 bridgehead atoms. The van der Waals surface area contributed by atoms with E-state index in [9.17, 15) is 14.7 Å². The van der Waals surface area contributed by atoms with Crippen LogP contribution in [0.4, 0.5) is 0 Å². The van der Waals surface area contributed by atoms with Crippen LogP contribution >= 0.6 is 0 Å². The van der Waals surface area contributed by atoms with Gasteiger partial charge in [0.1, 0.15) is 6.29 Å². The van der Waals surface area contributed by atoms with E-state index in [1.165, 1.54) is 51.7 Å². The van der Waals surface area contributed by atoms with E-state index in [0.717, 1.165) is 0 Å². The number of methoxy groups -OCH3 is 3. The van der Waals surface area contributed by atoms with E-state index < -0.39 is 5.97 Å². The molecule has 0 amide bonds. The first-order valence-electron chi connectivity index (χ1n) is 6.88. The molecule has 0 heterocycles. The number of carbonyl (C=O) groups is 2. The molecule has 134 valence electrons. The first kappa shape index (κ1) is 19.6. The van der Waals surface area contributed by atoms with E-state index >= 15 is 0 Å². The molecule has 8 nitrogen and oxygen atoms in total. The molecule has 0 atom stereocenters. The third kappa shape index (κ3) is 5.03. The molecule has 2 rings (SSSR count). The van der Waals surface area contributed by atoms with Gasteiger partial charge in [0.15, 0.2) is 23.0 Å². The van der Waals surface area contributed by atoms with Crippen LogP contribution in [-0.2, 0) is 0 Å². The summed E-state index contributed by atoms with van der Waals surface area (Å²) in [4.78, 5) is 20.9. The average molecular weight is 350 g/mol. The lowest BCUT2D eigenvalue weighted by Crippen LogP contribution is -1.98. The number of hydrogen-bond donors (Lipinski definition) is 3. The molecule has 3 N–H and O–H groups in total. The first-order chi connectivity index (χ1) is 11.9. The molecule has 0 aliphatic heterocycles. The van der Waals surface area contributed by atoms with Crippen molar-refractivity contribution in [3.8, 4) is 28.7 Å². The van der Waals surface area contributed by atoms with Gasteiger partial charge in [-0.15, -0.1) is 0 Å². The molecule has 0 spiro atoms. The van der Waals surface area contributed by atoms with Gasteiger partial charge in [0.05, 0.1) is 26.9 Å². The molecule has 0 saturated carbocycles. The maximum Gasteiger partial charge on any atom is 0.335 e. The topological polar surface area (TPSA) is 123 Å². The minimum Gasteiger partial charge on any atom is -0.504 e. The van der Waals surface area contributed by atoms with Gasteiger partial charge in [-0.1, -0.05) is 0 Å². The van der Waals surface area contributed by atoms with Gasteiger partial charge in [0.25, 0.3) is 0 Å². The number of phenolic OH excluding ortho intramolecular Hbond substituents is 2. The smallest absolute Gasteiger partial charge is 0.335 e. The highest BCUT2D eigenvalue weighted by molar-refractivity contribution is 5.89. The highest BCUT2D eigenvalue weighted by atomic mass is 16.5. The van der Waals surface area contributed by atoms with Crippen molar-refractivity contribution >= 4 is 12.3 Å². The second-order valence-corrected chi connectivity index (χ2v) is 4.58. The molecule has 25 heavy (non-hydrogen) atoms. The summed E-state index contributed by atoms with van der Waals surface area (Å²) in [6, 6.07) is 6.86. The summed E-state index contributed by atoms with van der Waals surface area (Å²) in [6.07, 6.45) is 0.696. The molecule has 0 unspecified atom stereocenters. The fourth-order valence-electron chi connectivity index (χ4n) is 1.78. The second-order valence-electron chi connectivity index (χ2n) is 4.58. The molecule has 0 aliphatic carbocycles. The number of carboxylic acid groups (broad SMARTS) is 1. The summed E-state index contributed by atoms with van der Waals surface area (Å²) in [6.45, 7) is 0. The van der Waals surface area contributed by atoms with Gasteiger partial charge < -0.3 is 29.5 Å². The van der Waals surface area contributed by atoms with E-state index in [2.05, 4.69) is 0 Å². The van der Waals surface area contributed by atoms with Crippen molar-refractivity contribution in [2.24, 2.45) is 0 Å². The zero-order valence-corrected chi connectivity index (χ0v) is 13.8. The Hall–Kier alpha value is -3.42. The van der Waals surface area contributed by atoms with Gasteiger partial charge in [-0.05, 0) is 30.3 Å². The normalized spacial score (nSPS) is 9.40. The molecular weight excluding hydrogens is 332 g/mol. The quantitative estimate of drug-likeness (QED) is 0.702. The number of carboxylic acids is 1. The van der Waals surface area contributed by atoms with Crippen LogP contribution < -0.4 is 14.2 Å². The molecule has 0 saturated heterocycles. The Morgan fingerprint density at radius 2 is 1.44 bits per heavy atom. The Kier molecular flexibility index (Phi) is 7.08.